The Kier molecular flexibility index (Phi) is 5.90. The Morgan fingerprint density at radius 3 is 2.62 bits per heavy atom. The van der Waals surface area contributed by atoms with Crippen LogP contribution in [0.4, 0.5) is 5.82 Å². The van der Waals surface area contributed by atoms with Gasteiger partial charge >= 0.3 is 5.97 Å². The molecule has 3 rings (SSSR count). The summed E-state index contributed by atoms with van der Waals surface area (Å²) < 4.78 is 5.79. The molecule has 3 heterocycles. The Hall–Kier alpha value is -1.96. The zero-order chi connectivity index (χ0) is 18.7. The third kappa shape index (κ3) is 4.23. The van der Waals surface area contributed by atoms with Crippen molar-refractivity contribution in [3.63, 3.8) is 0 Å². The number of hydrogen-bond acceptors (Lipinski definition) is 7. The standard InChI is InChI=1S/C18H18ClN3O2S2/c1-4-24-16(23)9-12-17(13-6-7-14(19)25-13)26-18(21-12)11-5-8-15(20-10-11)22(2)3/h5-8,10H,4,9H2,1-3H3. The lowest BCUT2D eigenvalue weighted by molar-refractivity contribution is -0.142. The fraction of sp³-hybridized carbons (Fsp3) is 0.278. The van der Waals surface area contributed by atoms with Crippen molar-refractivity contribution < 1.29 is 9.53 Å². The van der Waals surface area contributed by atoms with Gasteiger partial charge in [-0.1, -0.05) is 11.6 Å². The molecule has 0 aliphatic heterocycles. The number of carbonyl (C=O) groups is 1. The van der Waals surface area contributed by atoms with E-state index in [1.807, 2.05) is 43.3 Å². The summed E-state index contributed by atoms with van der Waals surface area (Å²) in [4.78, 5) is 25.0. The van der Waals surface area contributed by atoms with Crippen LogP contribution in [-0.4, -0.2) is 36.6 Å². The van der Waals surface area contributed by atoms with Gasteiger partial charge in [-0.05, 0) is 31.2 Å². The van der Waals surface area contributed by atoms with Gasteiger partial charge in [0.05, 0.1) is 27.9 Å². The summed E-state index contributed by atoms with van der Waals surface area (Å²) in [6, 6.07) is 7.73. The van der Waals surface area contributed by atoms with Crippen molar-refractivity contribution in [2.75, 3.05) is 25.6 Å². The van der Waals surface area contributed by atoms with Gasteiger partial charge in [-0.2, -0.15) is 0 Å². The van der Waals surface area contributed by atoms with E-state index < -0.39 is 0 Å². The summed E-state index contributed by atoms with van der Waals surface area (Å²) in [5, 5.41) is 0.821. The molecular weight excluding hydrogens is 390 g/mol. The van der Waals surface area contributed by atoms with Crippen molar-refractivity contribution in [1.82, 2.24) is 9.97 Å². The third-order valence-electron chi connectivity index (χ3n) is 3.56. The Morgan fingerprint density at radius 2 is 2.04 bits per heavy atom. The van der Waals surface area contributed by atoms with E-state index in [2.05, 4.69) is 4.98 Å². The molecule has 0 saturated carbocycles. The Labute approximate surface area is 165 Å². The van der Waals surface area contributed by atoms with Gasteiger partial charge in [-0.15, -0.1) is 22.7 Å². The van der Waals surface area contributed by atoms with Crippen LogP contribution in [0.5, 0.6) is 0 Å². The lowest BCUT2D eigenvalue weighted by Crippen LogP contribution is -2.10. The summed E-state index contributed by atoms with van der Waals surface area (Å²) in [5.41, 5.74) is 1.62. The normalized spacial score (nSPS) is 10.8. The first kappa shape index (κ1) is 18.8. The highest BCUT2D eigenvalue weighted by Crippen LogP contribution is 2.40. The summed E-state index contributed by atoms with van der Waals surface area (Å²) >= 11 is 9.09. The maximum Gasteiger partial charge on any atom is 0.311 e. The molecule has 0 spiro atoms. The van der Waals surface area contributed by atoms with E-state index in [4.69, 9.17) is 21.3 Å². The molecule has 0 N–H and O–H groups in total. The monoisotopic (exact) mass is 407 g/mol. The van der Waals surface area contributed by atoms with Gasteiger partial charge < -0.3 is 9.64 Å². The average Bonchev–Trinajstić information content (AvgIpc) is 3.21. The lowest BCUT2D eigenvalue weighted by atomic mass is 10.2. The van der Waals surface area contributed by atoms with Crippen LogP contribution in [0.2, 0.25) is 4.34 Å². The van der Waals surface area contributed by atoms with E-state index in [-0.39, 0.29) is 12.4 Å². The third-order valence-corrected chi connectivity index (χ3v) is 6.12. The van der Waals surface area contributed by atoms with Crippen molar-refractivity contribution in [3.8, 4) is 20.3 Å². The highest BCUT2D eigenvalue weighted by Gasteiger charge is 2.19. The first-order valence-corrected chi connectivity index (χ1v) is 10.0. The maximum atomic E-state index is 12.0. The zero-order valence-electron chi connectivity index (χ0n) is 14.7. The summed E-state index contributed by atoms with van der Waals surface area (Å²) in [5.74, 6) is 0.594. The van der Waals surface area contributed by atoms with E-state index in [0.29, 0.717) is 16.6 Å². The second-order valence-corrected chi connectivity index (χ2v) is 8.39. The second-order valence-electron chi connectivity index (χ2n) is 5.68. The molecule has 0 fully saturated rings. The fourth-order valence-corrected chi connectivity index (χ4v) is 4.60. The van der Waals surface area contributed by atoms with Crippen LogP contribution in [0.15, 0.2) is 30.5 Å². The molecule has 0 aliphatic carbocycles. The van der Waals surface area contributed by atoms with E-state index in [9.17, 15) is 4.79 Å². The van der Waals surface area contributed by atoms with Gasteiger partial charge in [0.25, 0.3) is 0 Å². The zero-order valence-corrected chi connectivity index (χ0v) is 17.0. The number of halogens is 1. The molecule has 0 atom stereocenters. The largest absolute Gasteiger partial charge is 0.466 e. The number of hydrogen-bond donors (Lipinski definition) is 0. The number of pyridine rings is 1. The van der Waals surface area contributed by atoms with Gasteiger partial charge in [0.2, 0.25) is 0 Å². The molecule has 0 aliphatic rings. The second kappa shape index (κ2) is 8.16. The Morgan fingerprint density at radius 1 is 1.23 bits per heavy atom. The highest BCUT2D eigenvalue weighted by molar-refractivity contribution is 7.25. The minimum atomic E-state index is -0.283. The molecule has 5 nitrogen and oxygen atoms in total. The van der Waals surface area contributed by atoms with Crippen molar-refractivity contribution in [2.45, 2.75) is 13.3 Å². The predicted octanol–water partition coefficient (Wildman–Crippen LogP) is 4.76. The van der Waals surface area contributed by atoms with Crippen LogP contribution < -0.4 is 4.90 Å². The number of anilines is 1. The molecule has 0 aromatic carbocycles. The number of esters is 1. The Bertz CT molecular complexity index is 904. The molecule has 3 aromatic heterocycles. The molecule has 0 radical (unpaired) electrons. The molecule has 0 amide bonds. The van der Waals surface area contributed by atoms with Crippen molar-refractivity contribution in [2.24, 2.45) is 0 Å². The average molecular weight is 408 g/mol. The van der Waals surface area contributed by atoms with Crippen LogP contribution in [-0.2, 0) is 16.0 Å². The molecule has 26 heavy (non-hydrogen) atoms. The summed E-state index contributed by atoms with van der Waals surface area (Å²) in [6.07, 6.45) is 1.94. The van der Waals surface area contributed by atoms with E-state index in [1.54, 1.807) is 13.1 Å². The number of ether oxygens (including phenoxy) is 1. The van der Waals surface area contributed by atoms with Gasteiger partial charge in [0.15, 0.2) is 0 Å². The lowest BCUT2D eigenvalue weighted by Gasteiger charge is -2.10. The number of thiazole rings is 1. The van der Waals surface area contributed by atoms with Crippen LogP contribution in [0.1, 0.15) is 12.6 Å². The molecule has 3 aromatic rings. The molecule has 0 saturated heterocycles. The fourth-order valence-electron chi connectivity index (χ4n) is 2.35. The SMILES string of the molecule is CCOC(=O)Cc1nc(-c2ccc(N(C)C)nc2)sc1-c1ccc(Cl)s1. The predicted molar refractivity (Wildman–Crippen MR) is 108 cm³/mol. The van der Waals surface area contributed by atoms with Gasteiger partial charge in [0, 0.05) is 30.7 Å². The first-order valence-electron chi connectivity index (χ1n) is 8.02. The summed E-state index contributed by atoms with van der Waals surface area (Å²) in [6.45, 7) is 2.15. The number of nitrogens with zero attached hydrogens (tertiary/aromatic N) is 3. The van der Waals surface area contributed by atoms with Gasteiger partial charge in [-0.25, -0.2) is 9.97 Å². The van der Waals surface area contributed by atoms with E-state index in [0.717, 1.165) is 26.1 Å². The quantitative estimate of drug-likeness (QED) is 0.551. The molecular formula is C18H18ClN3O2S2. The number of aromatic nitrogens is 2. The van der Waals surface area contributed by atoms with Gasteiger partial charge in [0.1, 0.15) is 10.8 Å². The van der Waals surface area contributed by atoms with Crippen molar-refractivity contribution in [3.05, 3.63) is 40.5 Å². The molecule has 0 bridgehead atoms. The van der Waals surface area contributed by atoms with Crippen LogP contribution >= 0.6 is 34.3 Å². The minimum Gasteiger partial charge on any atom is -0.466 e. The van der Waals surface area contributed by atoms with Crippen molar-refractivity contribution >= 4 is 46.1 Å². The topological polar surface area (TPSA) is 55.3 Å². The van der Waals surface area contributed by atoms with Crippen LogP contribution in [0.3, 0.4) is 0 Å². The Balaban J connectivity index is 1.98. The van der Waals surface area contributed by atoms with Crippen LogP contribution in [0.25, 0.3) is 20.3 Å². The maximum absolute atomic E-state index is 12.0. The molecule has 0 unspecified atom stereocenters. The molecule has 8 heteroatoms. The molecule has 136 valence electrons. The summed E-state index contributed by atoms with van der Waals surface area (Å²) in [7, 11) is 3.89. The van der Waals surface area contributed by atoms with Crippen LogP contribution in [0, 0.1) is 0 Å². The number of rotatable bonds is 6. The highest BCUT2D eigenvalue weighted by atomic mass is 35.5. The van der Waals surface area contributed by atoms with E-state index >= 15 is 0 Å². The smallest absolute Gasteiger partial charge is 0.311 e. The van der Waals surface area contributed by atoms with Crippen molar-refractivity contribution in [1.29, 1.82) is 0 Å². The minimum absolute atomic E-state index is 0.137. The van der Waals surface area contributed by atoms with Gasteiger partial charge in [-0.3, -0.25) is 4.79 Å². The number of carbonyl (C=O) groups excluding carboxylic acids is 1. The first-order chi connectivity index (χ1) is 12.5. The van der Waals surface area contributed by atoms with E-state index in [1.165, 1.54) is 22.7 Å². The number of thiophene rings is 1.